The van der Waals surface area contributed by atoms with Crippen molar-refractivity contribution in [1.82, 2.24) is 9.97 Å². The third-order valence-corrected chi connectivity index (χ3v) is 3.44. The Morgan fingerprint density at radius 2 is 2.19 bits per heavy atom. The molecule has 0 aliphatic heterocycles. The van der Waals surface area contributed by atoms with Crippen LogP contribution in [0.2, 0.25) is 5.28 Å². The Labute approximate surface area is 107 Å². The van der Waals surface area contributed by atoms with Gasteiger partial charge in [0, 0.05) is 30.6 Å². The van der Waals surface area contributed by atoms with Gasteiger partial charge in [0.15, 0.2) is 0 Å². The molecule has 0 aliphatic rings. The average molecular weight is 260 g/mol. The molecular weight excluding hydrogens is 242 g/mol. The largest absolute Gasteiger partial charge is 0.356 e. The molecule has 16 heavy (non-hydrogen) atoms. The van der Waals surface area contributed by atoms with Gasteiger partial charge in [-0.15, -0.1) is 0 Å². The maximum Gasteiger partial charge on any atom is 0.224 e. The predicted molar refractivity (Wildman–Crippen MR) is 72.6 cm³/mol. The number of rotatable bonds is 5. The van der Waals surface area contributed by atoms with E-state index < -0.39 is 0 Å². The zero-order valence-corrected chi connectivity index (χ0v) is 11.8. The van der Waals surface area contributed by atoms with E-state index >= 15 is 0 Å². The first kappa shape index (κ1) is 13.6. The van der Waals surface area contributed by atoms with Crippen LogP contribution in [0.25, 0.3) is 0 Å². The lowest BCUT2D eigenvalue weighted by Crippen LogP contribution is -2.33. The number of halogens is 1. The van der Waals surface area contributed by atoms with Gasteiger partial charge in [-0.2, -0.15) is 11.8 Å². The van der Waals surface area contributed by atoms with Crippen molar-refractivity contribution in [2.24, 2.45) is 0 Å². The molecule has 90 valence electrons. The highest BCUT2D eigenvalue weighted by atomic mass is 35.5. The molecule has 1 rings (SSSR count). The van der Waals surface area contributed by atoms with Crippen molar-refractivity contribution in [3.05, 3.63) is 17.0 Å². The summed E-state index contributed by atoms with van der Waals surface area (Å²) in [7, 11) is 2.06. The number of nitrogens with zero attached hydrogens (tertiary/aromatic N) is 3. The van der Waals surface area contributed by atoms with E-state index in [4.69, 9.17) is 11.6 Å². The van der Waals surface area contributed by atoms with Gasteiger partial charge in [0.2, 0.25) is 5.28 Å². The van der Waals surface area contributed by atoms with Gasteiger partial charge in [-0.1, -0.05) is 6.92 Å². The molecule has 0 aromatic carbocycles. The summed E-state index contributed by atoms with van der Waals surface area (Å²) in [5.74, 6) is 1.99. The third-order valence-electron chi connectivity index (χ3n) is 2.55. The highest BCUT2D eigenvalue weighted by Gasteiger charge is 2.14. The van der Waals surface area contributed by atoms with Crippen molar-refractivity contribution in [3.8, 4) is 0 Å². The number of hydrogen-bond donors (Lipinski definition) is 0. The fraction of sp³-hybridized carbons (Fsp3) is 0.636. The zero-order valence-electron chi connectivity index (χ0n) is 10.2. The van der Waals surface area contributed by atoms with Gasteiger partial charge in [-0.3, -0.25) is 0 Å². The fourth-order valence-corrected chi connectivity index (χ4v) is 2.64. The van der Waals surface area contributed by atoms with Gasteiger partial charge < -0.3 is 4.90 Å². The van der Waals surface area contributed by atoms with E-state index in [1.54, 1.807) is 0 Å². The predicted octanol–water partition coefficient (Wildman–Crippen LogP) is 3.02. The maximum absolute atomic E-state index is 5.87. The minimum atomic E-state index is 0.320. The van der Waals surface area contributed by atoms with Crippen molar-refractivity contribution < 1.29 is 0 Å². The normalized spacial score (nSPS) is 12.6. The highest BCUT2D eigenvalue weighted by molar-refractivity contribution is 7.98. The van der Waals surface area contributed by atoms with Crippen LogP contribution in [0, 0.1) is 6.92 Å². The lowest BCUT2D eigenvalue weighted by molar-refractivity contribution is 0.664. The van der Waals surface area contributed by atoms with Crippen LogP contribution >= 0.6 is 23.4 Å². The smallest absolute Gasteiger partial charge is 0.224 e. The van der Waals surface area contributed by atoms with E-state index in [1.165, 1.54) is 0 Å². The van der Waals surface area contributed by atoms with Crippen LogP contribution in [-0.4, -0.2) is 35.1 Å². The molecule has 0 saturated heterocycles. The Balaban J connectivity index is 2.89. The molecule has 0 bridgehead atoms. The van der Waals surface area contributed by atoms with Crippen LogP contribution in [0.4, 0.5) is 5.82 Å². The van der Waals surface area contributed by atoms with E-state index in [0.29, 0.717) is 11.3 Å². The molecule has 0 N–H and O–H groups in total. The maximum atomic E-state index is 5.87. The second-order valence-corrected chi connectivity index (χ2v) is 5.01. The summed E-state index contributed by atoms with van der Waals surface area (Å²) in [6.07, 6.45) is 3.21. The summed E-state index contributed by atoms with van der Waals surface area (Å²) in [6.45, 7) is 4.12. The summed E-state index contributed by atoms with van der Waals surface area (Å²) in [5.41, 5.74) is 0.904. The lowest BCUT2D eigenvalue weighted by atomic mass is 10.2. The lowest BCUT2D eigenvalue weighted by Gasteiger charge is -2.27. The summed E-state index contributed by atoms with van der Waals surface area (Å²) < 4.78 is 0. The topological polar surface area (TPSA) is 29.0 Å². The van der Waals surface area contributed by atoms with Crippen molar-refractivity contribution in [2.75, 3.05) is 24.0 Å². The standard InChI is InChI=1S/C11H18ClN3S/c1-5-9(7-16-4)15(3)10-6-8(2)13-11(12)14-10/h6,9H,5,7H2,1-4H3. The second-order valence-electron chi connectivity index (χ2n) is 3.76. The molecule has 0 amide bonds. The van der Waals surface area contributed by atoms with E-state index in [-0.39, 0.29) is 0 Å². The minimum Gasteiger partial charge on any atom is -0.356 e. The van der Waals surface area contributed by atoms with Crippen molar-refractivity contribution in [2.45, 2.75) is 26.3 Å². The highest BCUT2D eigenvalue weighted by Crippen LogP contribution is 2.18. The summed E-state index contributed by atoms with van der Waals surface area (Å²) in [4.78, 5) is 10.5. The molecule has 0 spiro atoms. The first-order valence-corrected chi connectivity index (χ1v) is 7.08. The first-order valence-electron chi connectivity index (χ1n) is 5.31. The van der Waals surface area contributed by atoms with Crippen LogP contribution < -0.4 is 4.90 Å². The van der Waals surface area contributed by atoms with Crippen LogP contribution in [0.5, 0.6) is 0 Å². The van der Waals surface area contributed by atoms with E-state index in [9.17, 15) is 0 Å². The summed E-state index contributed by atoms with van der Waals surface area (Å²) in [6, 6.07) is 2.45. The molecule has 1 aromatic rings. The number of aromatic nitrogens is 2. The molecule has 3 nitrogen and oxygen atoms in total. The summed E-state index contributed by atoms with van der Waals surface area (Å²) in [5, 5.41) is 0.320. The van der Waals surface area contributed by atoms with Crippen molar-refractivity contribution in [3.63, 3.8) is 0 Å². The van der Waals surface area contributed by atoms with Gasteiger partial charge in [0.05, 0.1) is 0 Å². The summed E-state index contributed by atoms with van der Waals surface area (Å²) >= 11 is 7.71. The first-order chi connectivity index (χ1) is 7.58. The monoisotopic (exact) mass is 259 g/mol. The fourth-order valence-electron chi connectivity index (χ4n) is 1.58. The molecule has 0 fully saturated rings. The van der Waals surface area contributed by atoms with Crippen molar-refractivity contribution >= 4 is 29.2 Å². The number of aryl methyl sites for hydroxylation is 1. The zero-order chi connectivity index (χ0) is 12.1. The number of anilines is 1. The molecule has 0 saturated carbocycles. The second kappa shape index (κ2) is 6.30. The van der Waals surface area contributed by atoms with Gasteiger partial charge in [0.25, 0.3) is 0 Å². The molecule has 1 unspecified atom stereocenters. The van der Waals surface area contributed by atoms with E-state index in [0.717, 1.165) is 23.7 Å². The Morgan fingerprint density at radius 1 is 1.50 bits per heavy atom. The quantitative estimate of drug-likeness (QED) is 0.761. The Kier molecular flexibility index (Phi) is 5.35. The van der Waals surface area contributed by atoms with Crippen LogP contribution in [-0.2, 0) is 0 Å². The Morgan fingerprint density at radius 3 is 2.69 bits per heavy atom. The molecule has 0 radical (unpaired) electrons. The number of hydrogen-bond acceptors (Lipinski definition) is 4. The third kappa shape index (κ3) is 3.52. The minimum absolute atomic E-state index is 0.320. The molecule has 1 atom stereocenters. The average Bonchev–Trinajstić information content (AvgIpc) is 2.23. The van der Waals surface area contributed by atoms with E-state index in [2.05, 4.69) is 35.1 Å². The molecule has 0 aliphatic carbocycles. The van der Waals surface area contributed by atoms with Crippen LogP contribution in [0.15, 0.2) is 6.07 Å². The van der Waals surface area contributed by atoms with Crippen LogP contribution in [0.3, 0.4) is 0 Å². The Bertz CT molecular complexity index is 326. The molecule has 1 aromatic heterocycles. The van der Waals surface area contributed by atoms with Gasteiger partial charge in [-0.05, 0) is 31.2 Å². The SMILES string of the molecule is CCC(CSC)N(C)c1cc(C)nc(Cl)n1. The van der Waals surface area contributed by atoms with Gasteiger partial charge in [0.1, 0.15) is 5.82 Å². The van der Waals surface area contributed by atoms with Gasteiger partial charge in [-0.25, -0.2) is 9.97 Å². The molecule has 5 heteroatoms. The number of thioether (sulfide) groups is 1. The molecule has 1 heterocycles. The van der Waals surface area contributed by atoms with Crippen molar-refractivity contribution in [1.29, 1.82) is 0 Å². The van der Waals surface area contributed by atoms with Crippen LogP contribution in [0.1, 0.15) is 19.0 Å². The Hall–Kier alpha value is -0.480. The van der Waals surface area contributed by atoms with E-state index in [1.807, 2.05) is 24.8 Å². The molecular formula is C11H18ClN3S. The van der Waals surface area contributed by atoms with Gasteiger partial charge >= 0.3 is 0 Å².